The van der Waals surface area contributed by atoms with E-state index < -0.39 is 5.60 Å². The van der Waals surface area contributed by atoms with Crippen LogP contribution in [0.1, 0.15) is 26.7 Å². The molecule has 1 atom stereocenters. The molecule has 116 valence electrons. The maximum atomic E-state index is 12.5. The average Bonchev–Trinajstić information content (AvgIpc) is 2.45. The second-order valence-electron chi connectivity index (χ2n) is 5.77. The SMILES string of the molecule is CC(C)OCC1CN(C(=O)C2(O)CCSCC2)CCO1. The molecular weight excluding hydrogens is 278 g/mol. The molecule has 0 aliphatic carbocycles. The maximum Gasteiger partial charge on any atom is 0.254 e. The fourth-order valence-corrected chi connectivity index (χ4v) is 3.69. The number of ether oxygens (including phenoxy) is 2. The van der Waals surface area contributed by atoms with E-state index in [1.165, 1.54) is 0 Å². The van der Waals surface area contributed by atoms with E-state index in [-0.39, 0.29) is 18.1 Å². The van der Waals surface area contributed by atoms with Gasteiger partial charge in [0.15, 0.2) is 0 Å². The first kappa shape index (κ1) is 16.1. The predicted octanol–water partition coefficient (Wildman–Crippen LogP) is 0.897. The normalized spacial score (nSPS) is 26.8. The summed E-state index contributed by atoms with van der Waals surface area (Å²) in [5.41, 5.74) is -1.16. The summed E-state index contributed by atoms with van der Waals surface area (Å²) in [5.74, 6) is 1.58. The minimum atomic E-state index is -1.16. The molecule has 0 spiro atoms. The van der Waals surface area contributed by atoms with Crippen LogP contribution in [0.3, 0.4) is 0 Å². The Hall–Kier alpha value is -0.300. The third-order valence-corrected chi connectivity index (χ3v) is 4.75. The average molecular weight is 303 g/mol. The van der Waals surface area contributed by atoms with Crippen LogP contribution in [0.15, 0.2) is 0 Å². The molecule has 2 fully saturated rings. The summed E-state index contributed by atoms with van der Waals surface area (Å²) in [6.45, 7) is 6.05. The van der Waals surface area contributed by atoms with Gasteiger partial charge in [0.05, 0.1) is 25.4 Å². The summed E-state index contributed by atoms with van der Waals surface area (Å²) in [6, 6.07) is 0. The third kappa shape index (κ3) is 4.10. The van der Waals surface area contributed by atoms with E-state index in [0.717, 1.165) is 11.5 Å². The molecular formula is C14H25NO4S. The molecule has 2 aliphatic heterocycles. The molecule has 6 heteroatoms. The van der Waals surface area contributed by atoms with Gasteiger partial charge in [-0.05, 0) is 38.2 Å². The molecule has 1 N–H and O–H groups in total. The van der Waals surface area contributed by atoms with Crippen molar-refractivity contribution in [1.82, 2.24) is 4.90 Å². The third-order valence-electron chi connectivity index (χ3n) is 3.76. The summed E-state index contributed by atoms with van der Waals surface area (Å²) in [7, 11) is 0. The fourth-order valence-electron chi connectivity index (χ4n) is 2.52. The summed E-state index contributed by atoms with van der Waals surface area (Å²) >= 11 is 1.80. The topological polar surface area (TPSA) is 59.0 Å². The van der Waals surface area contributed by atoms with Crippen LogP contribution in [0, 0.1) is 0 Å². The van der Waals surface area contributed by atoms with Gasteiger partial charge in [0.25, 0.3) is 5.91 Å². The number of nitrogens with zero attached hydrogens (tertiary/aromatic N) is 1. The Morgan fingerprint density at radius 1 is 1.50 bits per heavy atom. The number of morpholine rings is 1. The Morgan fingerprint density at radius 2 is 2.20 bits per heavy atom. The Labute approximate surface area is 125 Å². The van der Waals surface area contributed by atoms with E-state index in [9.17, 15) is 9.90 Å². The van der Waals surface area contributed by atoms with Crippen LogP contribution in [0.4, 0.5) is 0 Å². The number of hydrogen-bond donors (Lipinski definition) is 1. The van der Waals surface area contributed by atoms with E-state index in [0.29, 0.717) is 39.1 Å². The highest BCUT2D eigenvalue weighted by molar-refractivity contribution is 7.99. The molecule has 5 nitrogen and oxygen atoms in total. The van der Waals surface area contributed by atoms with Gasteiger partial charge in [0.1, 0.15) is 5.60 Å². The highest BCUT2D eigenvalue weighted by atomic mass is 32.2. The van der Waals surface area contributed by atoms with E-state index in [1.807, 2.05) is 13.8 Å². The number of rotatable bonds is 4. The highest BCUT2D eigenvalue weighted by Crippen LogP contribution is 2.29. The number of aliphatic hydroxyl groups is 1. The number of hydrogen-bond acceptors (Lipinski definition) is 5. The van der Waals surface area contributed by atoms with E-state index in [2.05, 4.69) is 0 Å². The highest BCUT2D eigenvalue weighted by Gasteiger charge is 2.41. The van der Waals surface area contributed by atoms with Crippen LogP contribution < -0.4 is 0 Å². The minimum Gasteiger partial charge on any atom is -0.380 e. The van der Waals surface area contributed by atoms with Gasteiger partial charge >= 0.3 is 0 Å². The zero-order valence-electron chi connectivity index (χ0n) is 12.3. The summed E-state index contributed by atoms with van der Waals surface area (Å²) in [4.78, 5) is 14.3. The van der Waals surface area contributed by atoms with E-state index in [1.54, 1.807) is 16.7 Å². The summed E-state index contributed by atoms with van der Waals surface area (Å²) in [5, 5.41) is 10.5. The fraction of sp³-hybridized carbons (Fsp3) is 0.929. The van der Waals surface area contributed by atoms with Crippen LogP contribution in [0.2, 0.25) is 0 Å². The van der Waals surface area contributed by atoms with Gasteiger partial charge in [-0.25, -0.2) is 0 Å². The molecule has 2 rings (SSSR count). The number of carbonyl (C=O) groups excluding carboxylic acids is 1. The van der Waals surface area contributed by atoms with Crippen molar-refractivity contribution >= 4 is 17.7 Å². The first-order valence-corrected chi connectivity index (χ1v) is 8.49. The van der Waals surface area contributed by atoms with Crippen LogP contribution in [-0.2, 0) is 14.3 Å². The molecule has 0 aromatic carbocycles. The molecule has 2 heterocycles. The lowest BCUT2D eigenvalue weighted by Gasteiger charge is -2.39. The van der Waals surface area contributed by atoms with E-state index >= 15 is 0 Å². The van der Waals surface area contributed by atoms with Gasteiger partial charge < -0.3 is 19.5 Å². The minimum absolute atomic E-state index is 0.0864. The lowest BCUT2D eigenvalue weighted by molar-refractivity contribution is -0.161. The van der Waals surface area contributed by atoms with E-state index in [4.69, 9.17) is 9.47 Å². The van der Waals surface area contributed by atoms with Crippen molar-refractivity contribution in [2.45, 2.75) is 44.5 Å². The Balaban J connectivity index is 1.89. The zero-order valence-corrected chi connectivity index (χ0v) is 13.2. The zero-order chi connectivity index (χ0) is 14.6. The number of thioether (sulfide) groups is 1. The van der Waals surface area contributed by atoms with Crippen molar-refractivity contribution in [2.24, 2.45) is 0 Å². The second kappa shape index (κ2) is 7.11. The Kier molecular flexibility index (Phi) is 5.72. The summed E-state index contributed by atoms with van der Waals surface area (Å²) < 4.78 is 11.2. The predicted molar refractivity (Wildman–Crippen MR) is 78.9 cm³/mol. The van der Waals surface area contributed by atoms with Crippen molar-refractivity contribution in [3.05, 3.63) is 0 Å². The van der Waals surface area contributed by atoms with Crippen LogP contribution in [-0.4, -0.2) is 71.5 Å². The van der Waals surface area contributed by atoms with Gasteiger partial charge in [0.2, 0.25) is 0 Å². The van der Waals surface area contributed by atoms with Crippen LogP contribution in [0.5, 0.6) is 0 Å². The molecule has 2 aliphatic rings. The molecule has 20 heavy (non-hydrogen) atoms. The van der Waals surface area contributed by atoms with Gasteiger partial charge in [-0.15, -0.1) is 0 Å². The number of carbonyl (C=O) groups is 1. The largest absolute Gasteiger partial charge is 0.380 e. The quantitative estimate of drug-likeness (QED) is 0.836. The monoisotopic (exact) mass is 303 g/mol. The lowest BCUT2D eigenvalue weighted by Crippen LogP contribution is -2.56. The van der Waals surface area contributed by atoms with Gasteiger partial charge in [-0.1, -0.05) is 0 Å². The van der Waals surface area contributed by atoms with Crippen molar-refractivity contribution in [1.29, 1.82) is 0 Å². The molecule has 0 aromatic heterocycles. The van der Waals surface area contributed by atoms with Crippen molar-refractivity contribution in [2.75, 3.05) is 37.8 Å². The maximum absolute atomic E-state index is 12.5. The van der Waals surface area contributed by atoms with Crippen LogP contribution in [0.25, 0.3) is 0 Å². The first-order valence-electron chi connectivity index (χ1n) is 7.34. The lowest BCUT2D eigenvalue weighted by atomic mass is 9.94. The smallest absolute Gasteiger partial charge is 0.254 e. The van der Waals surface area contributed by atoms with Crippen LogP contribution >= 0.6 is 11.8 Å². The summed E-state index contributed by atoms with van der Waals surface area (Å²) in [6.07, 6.45) is 1.18. The first-order chi connectivity index (χ1) is 9.51. The molecule has 0 aromatic rings. The van der Waals surface area contributed by atoms with Crippen molar-refractivity contribution in [3.8, 4) is 0 Å². The molecule has 0 bridgehead atoms. The second-order valence-corrected chi connectivity index (χ2v) is 6.99. The Bertz CT molecular complexity index is 331. The number of amides is 1. The molecule has 0 saturated carbocycles. The molecule has 1 amide bonds. The van der Waals surface area contributed by atoms with Gasteiger partial charge in [-0.2, -0.15) is 11.8 Å². The molecule has 0 radical (unpaired) electrons. The Morgan fingerprint density at radius 3 is 2.85 bits per heavy atom. The standard InChI is InChI=1S/C14H25NO4S/c1-11(2)19-10-12-9-15(5-6-18-12)13(16)14(17)3-7-20-8-4-14/h11-12,17H,3-10H2,1-2H3. The van der Waals surface area contributed by atoms with Crippen molar-refractivity contribution < 1.29 is 19.4 Å². The van der Waals surface area contributed by atoms with Gasteiger partial charge in [-0.3, -0.25) is 4.79 Å². The molecule has 2 saturated heterocycles. The molecule has 1 unspecified atom stereocenters. The van der Waals surface area contributed by atoms with Gasteiger partial charge in [0, 0.05) is 13.1 Å². The van der Waals surface area contributed by atoms with Crippen molar-refractivity contribution in [3.63, 3.8) is 0 Å².